The number of rotatable bonds is 9. The molecule has 0 fully saturated rings. The minimum atomic E-state index is -0.452. The van der Waals surface area contributed by atoms with Crippen LogP contribution in [0.25, 0.3) is 11.1 Å². The van der Waals surface area contributed by atoms with Crippen LogP contribution in [0.2, 0.25) is 0 Å². The van der Waals surface area contributed by atoms with E-state index in [0.717, 1.165) is 16.9 Å². The second kappa shape index (κ2) is 10.5. The molecule has 30 heavy (non-hydrogen) atoms. The molecule has 0 aliphatic rings. The first-order valence-corrected chi connectivity index (χ1v) is 9.81. The van der Waals surface area contributed by atoms with Gasteiger partial charge in [0, 0.05) is 6.42 Å². The number of carbonyl (C=O) groups excluding carboxylic acids is 2. The zero-order valence-electron chi connectivity index (χ0n) is 16.5. The summed E-state index contributed by atoms with van der Waals surface area (Å²) in [5.74, 6) is 1.42. The number of carbonyl (C=O) groups is 2. The van der Waals surface area contributed by atoms with Gasteiger partial charge >= 0.3 is 5.97 Å². The molecule has 0 aliphatic carbocycles. The molecule has 0 spiro atoms. The highest BCUT2D eigenvalue weighted by molar-refractivity contribution is 6.63. The zero-order chi connectivity index (χ0) is 21.3. The van der Waals surface area contributed by atoms with Crippen LogP contribution in [-0.2, 0) is 4.79 Å². The van der Waals surface area contributed by atoms with Gasteiger partial charge in [-0.25, -0.2) is 4.79 Å². The van der Waals surface area contributed by atoms with Crippen LogP contribution in [0.4, 0.5) is 0 Å². The van der Waals surface area contributed by atoms with Crippen LogP contribution in [0.3, 0.4) is 0 Å². The van der Waals surface area contributed by atoms with Gasteiger partial charge in [0.1, 0.15) is 17.2 Å². The third-order valence-corrected chi connectivity index (χ3v) is 4.55. The third kappa shape index (κ3) is 6.09. The number of benzene rings is 3. The summed E-state index contributed by atoms with van der Waals surface area (Å²) in [7, 11) is 1.63. The Balaban J connectivity index is 1.55. The maximum Gasteiger partial charge on any atom is 0.343 e. The summed E-state index contributed by atoms with van der Waals surface area (Å²) in [6.07, 6.45) is 0.807. The van der Waals surface area contributed by atoms with Gasteiger partial charge in [0.05, 0.1) is 19.3 Å². The lowest BCUT2D eigenvalue weighted by atomic mass is 10.1. The van der Waals surface area contributed by atoms with E-state index in [2.05, 4.69) is 0 Å². The van der Waals surface area contributed by atoms with Crippen LogP contribution < -0.4 is 14.2 Å². The minimum absolute atomic E-state index is 0.267. The Morgan fingerprint density at radius 2 is 1.30 bits per heavy atom. The van der Waals surface area contributed by atoms with E-state index in [1.54, 1.807) is 43.5 Å². The van der Waals surface area contributed by atoms with Crippen molar-refractivity contribution < 1.29 is 23.8 Å². The van der Waals surface area contributed by atoms with Gasteiger partial charge in [0.2, 0.25) is 5.24 Å². The summed E-state index contributed by atoms with van der Waals surface area (Å²) >= 11 is 5.28. The van der Waals surface area contributed by atoms with E-state index in [4.69, 9.17) is 25.8 Å². The Hall–Kier alpha value is -3.31. The molecule has 6 heteroatoms. The predicted molar refractivity (Wildman–Crippen MR) is 115 cm³/mol. The number of hydrogen-bond donors (Lipinski definition) is 0. The number of methoxy groups -OCH3 is 1. The molecule has 0 saturated carbocycles. The second-order valence-electron chi connectivity index (χ2n) is 6.47. The van der Waals surface area contributed by atoms with Crippen molar-refractivity contribution in [2.24, 2.45) is 0 Å². The first kappa shape index (κ1) is 21.4. The molecule has 0 saturated heterocycles. The van der Waals surface area contributed by atoms with E-state index < -0.39 is 5.97 Å². The van der Waals surface area contributed by atoms with Gasteiger partial charge in [-0.3, -0.25) is 4.79 Å². The lowest BCUT2D eigenvalue weighted by molar-refractivity contribution is -0.111. The van der Waals surface area contributed by atoms with E-state index in [9.17, 15) is 9.59 Å². The SMILES string of the molecule is COc1ccc(-c2ccc(OC(=O)c3ccc(OCCCC(=O)Cl)cc3)cc2)cc1. The molecule has 3 rings (SSSR count). The molecule has 0 radical (unpaired) electrons. The number of hydrogen-bond acceptors (Lipinski definition) is 5. The maximum atomic E-state index is 12.4. The Morgan fingerprint density at radius 1 is 0.767 bits per heavy atom. The Labute approximate surface area is 180 Å². The minimum Gasteiger partial charge on any atom is -0.497 e. The fraction of sp³-hybridized carbons (Fsp3) is 0.167. The van der Waals surface area contributed by atoms with Crippen LogP contribution in [0, 0.1) is 0 Å². The number of esters is 1. The number of ether oxygens (including phenoxy) is 3. The van der Waals surface area contributed by atoms with Crippen molar-refractivity contribution in [3.63, 3.8) is 0 Å². The summed E-state index contributed by atoms with van der Waals surface area (Å²) < 4.78 is 16.1. The lowest BCUT2D eigenvalue weighted by Gasteiger charge is -2.08. The molecule has 3 aromatic carbocycles. The Morgan fingerprint density at radius 3 is 1.83 bits per heavy atom. The highest BCUT2D eigenvalue weighted by Crippen LogP contribution is 2.25. The predicted octanol–water partition coefficient (Wildman–Crippen LogP) is 5.51. The molecule has 0 heterocycles. The first-order chi connectivity index (χ1) is 14.5. The molecule has 5 nitrogen and oxygen atoms in total. The summed E-state index contributed by atoms with van der Waals surface area (Å²) in [5, 5.41) is -0.381. The Bertz CT molecular complexity index is 980. The van der Waals surface area contributed by atoms with Crippen LogP contribution in [-0.4, -0.2) is 24.9 Å². The van der Waals surface area contributed by atoms with Crippen molar-refractivity contribution in [2.45, 2.75) is 12.8 Å². The second-order valence-corrected chi connectivity index (χ2v) is 6.90. The third-order valence-electron chi connectivity index (χ3n) is 4.36. The molecule has 0 aliphatic heterocycles. The quantitative estimate of drug-likeness (QED) is 0.196. The molecule has 0 unspecified atom stereocenters. The highest BCUT2D eigenvalue weighted by Gasteiger charge is 2.09. The maximum absolute atomic E-state index is 12.4. The van der Waals surface area contributed by atoms with Gasteiger partial charge in [-0.1, -0.05) is 24.3 Å². The molecular formula is C24H21ClO5. The van der Waals surface area contributed by atoms with E-state index >= 15 is 0 Å². The van der Waals surface area contributed by atoms with Crippen molar-refractivity contribution >= 4 is 22.8 Å². The van der Waals surface area contributed by atoms with Crippen LogP contribution in [0.5, 0.6) is 17.2 Å². The highest BCUT2D eigenvalue weighted by atomic mass is 35.5. The van der Waals surface area contributed by atoms with Crippen molar-refractivity contribution in [3.05, 3.63) is 78.4 Å². The molecule has 0 amide bonds. The van der Waals surface area contributed by atoms with E-state index in [-0.39, 0.29) is 11.7 Å². The summed E-state index contributed by atoms with van der Waals surface area (Å²) in [5.41, 5.74) is 2.46. The topological polar surface area (TPSA) is 61.8 Å². The van der Waals surface area contributed by atoms with E-state index in [1.807, 2.05) is 36.4 Å². The van der Waals surface area contributed by atoms with Crippen molar-refractivity contribution in [1.82, 2.24) is 0 Å². The molecule has 0 atom stereocenters. The monoisotopic (exact) mass is 424 g/mol. The van der Waals surface area contributed by atoms with E-state index in [1.165, 1.54) is 0 Å². The smallest absolute Gasteiger partial charge is 0.343 e. The van der Waals surface area contributed by atoms with Crippen molar-refractivity contribution in [1.29, 1.82) is 0 Å². The molecule has 0 bridgehead atoms. The van der Waals surface area contributed by atoms with Gasteiger partial charge in [0.15, 0.2) is 0 Å². The van der Waals surface area contributed by atoms with Crippen molar-refractivity contribution in [3.8, 4) is 28.4 Å². The van der Waals surface area contributed by atoms with Crippen LogP contribution in [0.1, 0.15) is 23.2 Å². The van der Waals surface area contributed by atoms with Crippen LogP contribution >= 0.6 is 11.6 Å². The van der Waals surface area contributed by atoms with Gasteiger partial charge in [-0.15, -0.1) is 0 Å². The number of halogens is 1. The molecule has 154 valence electrons. The lowest BCUT2D eigenvalue weighted by Crippen LogP contribution is -2.08. The molecule has 3 aromatic rings. The van der Waals surface area contributed by atoms with Gasteiger partial charge in [0.25, 0.3) is 0 Å². The fourth-order valence-corrected chi connectivity index (χ4v) is 2.89. The zero-order valence-corrected chi connectivity index (χ0v) is 17.2. The molecular weight excluding hydrogens is 404 g/mol. The van der Waals surface area contributed by atoms with Gasteiger partial charge in [-0.05, 0) is 77.7 Å². The first-order valence-electron chi connectivity index (χ1n) is 9.43. The van der Waals surface area contributed by atoms with Gasteiger partial charge in [-0.2, -0.15) is 0 Å². The van der Waals surface area contributed by atoms with Gasteiger partial charge < -0.3 is 14.2 Å². The van der Waals surface area contributed by atoms with Crippen LogP contribution in [0.15, 0.2) is 72.8 Å². The molecule has 0 aromatic heterocycles. The van der Waals surface area contributed by atoms with E-state index in [0.29, 0.717) is 30.1 Å². The standard InChI is InChI=1S/C24H21ClO5/c1-28-20-10-4-17(5-11-20)18-6-14-22(15-7-18)30-24(27)19-8-12-21(13-9-19)29-16-2-3-23(25)26/h4-15H,2-3,16H2,1H3. The largest absolute Gasteiger partial charge is 0.497 e. The average Bonchev–Trinajstić information content (AvgIpc) is 2.77. The normalized spacial score (nSPS) is 10.3. The Kier molecular flexibility index (Phi) is 7.46. The fourth-order valence-electron chi connectivity index (χ4n) is 2.75. The summed E-state index contributed by atoms with van der Waals surface area (Å²) in [4.78, 5) is 23.1. The summed E-state index contributed by atoms with van der Waals surface area (Å²) in [6, 6.07) is 21.7. The average molecular weight is 425 g/mol. The molecule has 0 N–H and O–H groups in total. The summed E-state index contributed by atoms with van der Waals surface area (Å²) in [6.45, 7) is 0.378. The van der Waals surface area contributed by atoms with Crippen molar-refractivity contribution in [2.75, 3.05) is 13.7 Å².